The molecule has 25 heavy (non-hydrogen) atoms. The Balaban J connectivity index is 1.63. The molecule has 4 saturated carbocycles. The molecule has 0 saturated heterocycles. The summed E-state index contributed by atoms with van der Waals surface area (Å²) in [5.41, 5.74) is -1.65. The number of hydrogen-bond acceptors (Lipinski definition) is 2. The summed E-state index contributed by atoms with van der Waals surface area (Å²) >= 11 is 0. The van der Waals surface area contributed by atoms with Gasteiger partial charge in [0.2, 0.25) is 0 Å². The van der Waals surface area contributed by atoms with Gasteiger partial charge in [-0.15, -0.1) is 12.8 Å². The predicted octanol–water partition coefficient (Wildman–Crippen LogP) is 3.76. The Morgan fingerprint density at radius 2 is 1.56 bits per heavy atom. The van der Waals surface area contributed by atoms with Crippen LogP contribution in [0.3, 0.4) is 0 Å². The molecule has 4 aliphatic rings. The summed E-state index contributed by atoms with van der Waals surface area (Å²) in [6.07, 6.45) is 20.3. The lowest BCUT2D eigenvalue weighted by atomic mass is 9.43. The fourth-order valence-electron chi connectivity index (χ4n) is 7.63. The van der Waals surface area contributed by atoms with Crippen LogP contribution in [0.4, 0.5) is 0 Å². The Hall–Kier alpha value is -0.960. The van der Waals surface area contributed by atoms with E-state index in [1.54, 1.807) is 0 Å². The maximum absolute atomic E-state index is 11.1. The summed E-state index contributed by atoms with van der Waals surface area (Å²) in [6.45, 7) is 4.70. The molecular formula is C23H32O2. The van der Waals surface area contributed by atoms with Gasteiger partial charge in [-0.1, -0.05) is 25.7 Å². The van der Waals surface area contributed by atoms with E-state index in [-0.39, 0.29) is 10.8 Å². The fraction of sp³-hybridized carbons (Fsp3) is 0.826. The first kappa shape index (κ1) is 17.5. The van der Waals surface area contributed by atoms with Crippen molar-refractivity contribution in [1.29, 1.82) is 0 Å². The van der Waals surface area contributed by atoms with E-state index in [1.165, 1.54) is 6.42 Å². The minimum absolute atomic E-state index is 0.125. The molecule has 0 radical (unpaired) electrons. The largest absolute Gasteiger partial charge is 0.378 e. The van der Waals surface area contributed by atoms with E-state index in [0.29, 0.717) is 23.7 Å². The van der Waals surface area contributed by atoms with Gasteiger partial charge in [-0.25, -0.2) is 0 Å². The second-order valence-electron chi connectivity index (χ2n) is 10.0. The standard InChI is InChI=1S/C23H32O2/c1-5-22(24)14-13-20(3)16(15-22)7-8-17-18(20)9-11-21(4)19(17)10-12-23(21,25)6-2/h1-2,16-19,24-25H,7-15H2,3-4H3/t16-,17-,18+,19+,20+,21+,22+,23-/m1/s1. The number of fused-ring (bicyclic) bond motifs is 5. The quantitative estimate of drug-likeness (QED) is 0.659. The maximum Gasteiger partial charge on any atom is 0.130 e. The van der Waals surface area contributed by atoms with Crippen LogP contribution < -0.4 is 0 Å². The smallest absolute Gasteiger partial charge is 0.130 e. The number of hydrogen-bond donors (Lipinski definition) is 2. The molecule has 8 atom stereocenters. The third kappa shape index (κ3) is 2.14. The SMILES string of the molecule is C#C[C@]1(O)CC[C@@]2(C)[C@H](CC[C@@H]3[C@@H]2CC[C@@]2(C)[C@H]3CC[C@]2(O)C#C)C1. The first-order chi connectivity index (χ1) is 11.7. The minimum Gasteiger partial charge on any atom is -0.378 e. The Bertz CT molecular complexity index is 656. The van der Waals surface area contributed by atoms with E-state index < -0.39 is 11.2 Å². The van der Waals surface area contributed by atoms with Crippen molar-refractivity contribution in [3.8, 4) is 24.7 Å². The van der Waals surface area contributed by atoms with Crippen LogP contribution in [0.2, 0.25) is 0 Å². The molecule has 0 aliphatic heterocycles. The van der Waals surface area contributed by atoms with Crippen molar-refractivity contribution in [1.82, 2.24) is 0 Å². The molecule has 0 unspecified atom stereocenters. The molecule has 4 aliphatic carbocycles. The van der Waals surface area contributed by atoms with Crippen molar-refractivity contribution >= 4 is 0 Å². The Morgan fingerprint density at radius 3 is 2.24 bits per heavy atom. The molecule has 2 heteroatoms. The lowest BCUT2D eigenvalue weighted by Gasteiger charge is -2.62. The van der Waals surface area contributed by atoms with Crippen molar-refractivity contribution in [2.24, 2.45) is 34.5 Å². The Morgan fingerprint density at radius 1 is 0.840 bits per heavy atom. The van der Waals surface area contributed by atoms with Crippen molar-refractivity contribution < 1.29 is 10.2 Å². The second kappa shape index (κ2) is 5.28. The normalized spacial score (nSPS) is 57.5. The zero-order valence-electron chi connectivity index (χ0n) is 15.7. The van der Waals surface area contributed by atoms with Crippen LogP contribution in [-0.4, -0.2) is 21.4 Å². The monoisotopic (exact) mass is 340 g/mol. The van der Waals surface area contributed by atoms with E-state index >= 15 is 0 Å². The van der Waals surface area contributed by atoms with Gasteiger partial charge in [0.15, 0.2) is 0 Å². The molecular weight excluding hydrogens is 308 g/mol. The van der Waals surface area contributed by atoms with Crippen molar-refractivity contribution in [3.63, 3.8) is 0 Å². The van der Waals surface area contributed by atoms with Crippen LogP contribution in [0.15, 0.2) is 0 Å². The minimum atomic E-state index is -0.920. The van der Waals surface area contributed by atoms with Crippen molar-refractivity contribution in [2.75, 3.05) is 0 Å². The van der Waals surface area contributed by atoms with Gasteiger partial charge < -0.3 is 10.2 Å². The van der Waals surface area contributed by atoms with Gasteiger partial charge in [0.05, 0.1) is 0 Å². The van der Waals surface area contributed by atoms with Crippen molar-refractivity contribution in [3.05, 3.63) is 0 Å². The highest BCUT2D eigenvalue weighted by Crippen LogP contribution is 2.68. The molecule has 0 bridgehead atoms. The van der Waals surface area contributed by atoms with Crippen LogP contribution in [-0.2, 0) is 0 Å². The predicted molar refractivity (Wildman–Crippen MR) is 99.3 cm³/mol. The lowest BCUT2D eigenvalue weighted by Crippen LogP contribution is -2.57. The molecule has 4 rings (SSSR count). The van der Waals surface area contributed by atoms with E-state index in [4.69, 9.17) is 12.8 Å². The van der Waals surface area contributed by atoms with Crippen LogP contribution in [0.5, 0.6) is 0 Å². The zero-order chi connectivity index (χ0) is 18.1. The summed E-state index contributed by atoms with van der Waals surface area (Å²) in [5.74, 6) is 7.85. The third-order valence-electron chi connectivity index (χ3n) is 9.39. The fourth-order valence-corrected chi connectivity index (χ4v) is 7.63. The summed E-state index contributed by atoms with van der Waals surface area (Å²) in [7, 11) is 0. The molecule has 0 amide bonds. The molecule has 0 aromatic carbocycles. The average molecular weight is 341 g/mol. The van der Waals surface area contributed by atoms with Crippen LogP contribution >= 0.6 is 0 Å². The summed E-state index contributed by atoms with van der Waals surface area (Å²) in [4.78, 5) is 0. The van der Waals surface area contributed by atoms with Crippen LogP contribution in [0.25, 0.3) is 0 Å². The first-order valence-corrected chi connectivity index (χ1v) is 10.1. The molecule has 136 valence electrons. The summed E-state index contributed by atoms with van der Waals surface area (Å²) in [6, 6.07) is 0. The number of rotatable bonds is 0. The number of aliphatic hydroxyl groups is 2. The van der Waals surface area contributed by atoms with Gasteiger partial charge in [0, 0.05) is 5.41 Å². The van der Waals surface area contributed by atoms with E-state index in [9.17, 15) is 10.2 Å². The highest BCUT2D eigenvalue weighted by atomic mass is 16.3. The average Bonchev–Trinajstić information content (AvgIpc) is 2.88. The Kier molecular flexibility index (Phi) is 3.69. The highest BCUT2D eigenvalue weighted by molar-refractivity contribution is 5.24. The van der Waals surface area contributed by atoms with Gasteiger partial charge in [0.25, 0.3) is 0 Å². The Labute approximate surface area is 152 Å². The molecule has 0 heterocycles. The zero-order valence-corrected chi connectivity index (χ0v) is 15.7. The van der Waals surface area contributed by atoms with Crippen molar-refractivity contribution in [2.45, 2.75) is 82.8 Å². The van der Waals surface area contributed by atoms with Crippen LogP contribution in [0, 0.1) is 59.2 Å². The third-order valence-corrected chi connectivity index (χ3v) is 9.39. The van der Waals surface area contributed by atoms with Gasteiger partial charge in [0.1, 0.15) is 11.2 Å². The molecule has 0 aromatic heterocycles. The molecule has 2 nitrogen and oxygen atoms in total. The topological polar surface area (TPSA) is 40.5 Å². The van der Waals surface area contributed by atoms with Gasteiger partial charge in [-0.05, 0) is 86.9 Å². The van der Waals surface area contributed by atoms with E-state index in [2.05, 4.69) is 25.7 Å². The first-order valence-electron chi connectivity index (χ1n) is 10.1. The molecule has 4 fully saturated rings. The van der Waals surface area contributed by atoms with Gasteiger partial charge in [-0.2, -0.15) is 0 Å². The highest BCUT2D eigenvalue weighted by Gasteiger charge is 2.64. The molecule has 2 N–H and O–H groups in total. The van der Waals surface area contributed by atoms with Crippen LogP contribution in [0.1, 0.15) is 71.6 Å². The molecule has 0 aromatic rings. The lowest BCUT2D eigenvalue weighted by molar-refractivity contribution is -0.152. The maximum atomic E-state index is 11.1. The number of terminal acetylenes is 2. The van der Waals surface area contributed by atoms with E-state index in [1.807, 2.05) is 0 Å². The van der Waals surface area contributed by atoms with Gasteiger partial charge in [-0.3, -0.25) is 0 Å². The summed E-state index contributed by atoms with van der Waals surface area (Å²) in [5, 5.41) is 21.7. The molecule has 0 spiro atoms. The van der Waals surface area contributed by atoms with Gasteiger partial charge >= 0.3 is 0 Å². The second-order valence-corrected chi connectivity index (χ2v) is 10.0. The summed E-state index contributed by atoms with van der Waals surface area (Å²) < 4.78 is 0. The van der Waals surface area contributed by atoms with E-state index in [0.717, 1.165) is 51.4 Å².